The molecule has 44 heavy (non-hydrogen) atoms. The molecular weight excluding hydrogens is 592 g/mol. The average Bonchev–Trinajstić information content (AvgIpc) is 3.30. The average molecular weight is 643 g/mol. The summed E-state index contributed by atoms with van der Waals surface area (Å²) < 4.78 is 35.0. The molecule has 18 N–H and O–H groups in total. The molecule has 1 aliphatic carbocycles. The molecule has 3 aliphatic heterocycles. The Morgan fingerprint density at radius 3 is 2.11 bits per heavy atom. The Balaban J connectivity index is 1.53. The van der Waals surface area contributed by atoms with Crippen molar-refractivity contribution in [2.75, 3.05) is 32.8 Å². The Morgan fingerprint density at radius 1 is 0.773 bits per heavy atom. The summed E-state index contributed by atoms with van der Waals surface area (Å²) in [5, 5.41) is 76.0. The summed E-state index contributed by atoms with van der Waals surface area (Å²) in [6.07, 6.45) is -16.4. The van der Waals surface area contributed by atoms with Crippen molar-refractivity contribution < 1.29 is 64.2 Å². The number of nitrogens with one attached hydrogen (secondary N) is 1. The second kappa shape index (κ2) is 15.9. The molecule has 3 saturated heterocycles. The van der Waals surface area contributed by atoms with Crippen LogP contribution in [0.4, 0.5) is 0 Å². The lowest BCUT2D eigenvalue weighted by atomic mass is 9.83. The van der Waals surface area contributed by atoms with E-state index in [1.807, 2.05) is 0 Å². The third-order valence-corrected chi connectivity index (χ3v) is 8.64. The Bertz CT molecular complexity index is 888. The highest BCUT2D eigenvalue weighted by molar-refractivity contribution is 5.02. The van der Waals surface area contributed by atoms with Crippen LogP contribution in [0.15, 0.2) is 0 Å². The van der Waals surface area contributed by atoms with E-state index >= 15 is 0 Å². The second-order valence-electron chi connectivity index (χ2n) is 11.9. The molecule has 4 rings (SSSR count). The van der Waals surface area contributed by atoms with Crippen molar-refractivity contribution in [3.8, 4) is 0 Å². The lowest BCUT2D eigenvalue weighted by Crippen LogP contribution is -2.67. The third kappa shape index (κ3) is 8.02. The van der Waals surface area contributed by atoms with Gasteiger partial charge in [-0.1, -0.05) is 0 Å². The Labute approximate surface area is 254 Å². The van der Waals surface area contributed by atoms with E-state index < -0.39 is 117 Å². The zero-order chi connectivity index (χ0) is 32.3. The normalized spacial score (nSPS) is 49.2. The van der Waals surface area contributed by atoms with Crippen LogP contribution in [0.3, 0.4) is 0 Å². The van der Waals surface area contributed by atoms with E-state index in [0.29, 0.717) is 0 Å². The monoisotopic (exact) mass is 642 g/mol. The maximum atomic E-state index is 11.5. The summed E-state index contributed by atoms with van der Waals surface area (Å²) in [5.74, 6) is 0. The first-order valence-electron chi connectivity index (χ1n) is 14.9. The zero-order valence-corrected chi connectivity index (χ0v) is 24.3. The number of aliphatic hydroxyl groups is 7. The number of ether oxygens (including phenoxy) is 6. The van der Waals surface area contributed by atoms with Gasteiger partial charge in [-0.15, -0.1) is 0 Å². The first-order valence-corrected chi connectivity index (χ1v) is 14.9. The predicted molar refractivity (Wildman–Crippen MR) is 148 cm³/mol. The van der Waals surface area contributed by atoms with Crippen molar-refractivity contribution >= 4 is 0 Å². The van der Waals surface area contributed by atoms with Gasteiger partial charge in [-0.25, -0.2) is 0 Å². The number of nitrogens with two attached hydrogens (primary N) is 5. The van der Waals surface area contributed by atoms with Gasteiger partial charge in [-0.3, -0.25) is 0 Å². The number of hydrogen-bond acceptors (Lipinski definition) is 19. The minimum absolute atomic E-state index is 0.0223. The van der Waals surface area contributed by atoms with Crippen molar-refractivity contribution in [3.63, 3.8) is 0 Å². The maximum Gasteiger partial charge on any atom is 0.187 e. The highest BCUT2D eigenvalue weighted by Gasteiger charge is 2.53. The van der Waals surface area contributed by atoms with Crippen LogP contribution in [0.25, 0.3) is 0 Å². The summed E-state index contributed by atoms with van der Waals surface area (Å²) in [7, 11) is 0. The summed E-state index contributed by atoms with van der Waals surface area (Å²) >= 11 is 0. The van der Waals surface area contributed by atoms with E-state index in [4.69, 9.17) is 57.1 Å². The lowest BCUT2D eigenvalue weighted by molar-refractivity contribution is -0.295. The van der Waals surface area contributed by atoms with Crippen molar-refractivity contribution in [1.29, 1.82) is 0 Å². The van der Waals surface area contributed by atoms with Gasteiger partial charge in [0.2, 0.25) is 0 Å². The summed E-state index contributed by atoms with van der Waals surface area (Å²) in [4.78, 5) is 0. The maximum absolute atomic E-state index is 11.5. The number of hydrogen-bond donors (Lipinski definition) is 13. The van der Waals surface area contributed by atoms with Crippen molar-refractivity contribution in [3.05, 3.63) is 0 Å². The standard InChI is InChI=1S/C25H50N6O13/c26-3-8(33)5-31-11-2-10(28)20(42-24-15(29)12(34)1-9(4-27)40-24)22(17(11)36)44-25-19(38)21(14(6-32)41-25)43-23-16(30)18(37)13(35)7-39-23/h8-25,31-38H,1-7,26-30H2/t8?,9-,10-,11+,12+,13+,14+,15+,16+,17-,18-,19+,20+,21+,22+,23+,24+,25-/m0/s1. The molecule has 0 amide bonds. The van der Waals surface area contributed by atoms with Gasteiger partial charge >= 0.3 is 0 Å². The third-order valence-electron chi connectivity index (χ3n) is 8.64. The first-order chi connectivity index (χ1) is 20.9. The molecule has 19 heteroatoms. The number of aliphatic hydroxyl groups excluding tert-OH is 7. The van der Waals surface area contributed by atoms with Gasteiger partial charge in [-0.05, 0) is 6.42 Å². The van der Waals surface area contributed by atoms with E-state index in [-0.39, 0.29) is 39.1 Å². The van der Waals surface area contributed by atoms with Crippen LogP contribution < -0.4 is 34.0 Å². The molecule has 0 bridgehead atoms. The second-order valence-corrected chi connectivity index (χ2v) is 11.9. The van der Waals surface area contributed by atoms with Crippen LogP contribution in [0.2, 0.25) is 0 Å². The van der Waals surface area contributed by atoms with Crippen molar-refractivity contribution in [1.82, 2.24) is 5.32 Å². The zero-order valence-electron chi connectivity index (χ0n) is 24.3. The van der Waals surface area contributed by atoms with Crippen LogP contribution >= 0.6 is 0 Å². The van der Waals surface area contributed by atoms with Crippen LogP contribution in [0.1, 0.15) is 12.8 Å². The largest absolute Gasteiger partial charge is 0.394 e. The topological polar surface area (TPSA) is 339 Å². The van der Waals surface area contributed by atoms with Crippen LogP contribution in [0, 0.1) is 0 Å². The molecular formula is C25H50N6O13. The predicted octanol–water partition coefficient (Wildman–Crippen LogP) is -8.24. The molecule has 19 nitrogen and oxygen atoms in total. The Hall–Kier alpha value is -0.760. The van der Waals surface area contributed by atoms with E-state index in [0.717, 1.165) is 0 Å². The molecule has 3 heterocycles. The van der Waals surface area contributed by atoms with Gasteiger partial charge < -0.3 is 98.2 Å². The molecule has 1 saturated carbocycles. The van der Waals surface area contributed by atoms with Gasteiger partial charge in [0.05, 0.1) is 49.7 Å². The first kappa shape index (κ1) is 36.1. The molecule has 1 unspecified atom stereocenters. The summed E-state index contributed by atoms with van der Waals surface area (Å²) in [5.41, 5.74) is 29.9. The van der Waals surface area contributed by atoms with Crippen molar-refractivity contribution in [2.24, 2.45) is 28.7 Å². The molecule has 0 spiro atoms. The van der Waals surface area contributed by atoms with Gasteiger partial charge in [0.15, 0.2) is 18.9 Å². The Kier molecular flexibility index (Phi) is 13.0. The highest BCUT2D eigenvalue weighted by Crippen LogP contribution is 2.34. The van der Waals surface area contributed by atoms with Gasteiger partial charge in [0.1, 0.15) is 42.7 Å². The highest BCUT2D eigenvalue weighted by atomic mass is 16.8. The molecule has 4 fully saturated rings. The van der Waals surface area contributed by atoms with Gasteiger partial charge in [0.25, 0.3) is 0 Å². The molecule has 0 radical (unpaired) electrons. The van der Waals surface area contributed by atoms with E-state index in [1.165, 1.54) is 0 Å². The van der Waals surface area contributed by atoms with E-state index in [9.17, 15) is 35.7 Å². The van der Waals surface area contributed by atoms with Crippen molar-refractivity contribution in [2.45, 2.75) is 123 Å². The molecule has 0 aromatic carbocycles. The molecule has 4 aliphatic rings. The van der Waals surface area contributed by atoms with Gasteiger partial charge in [0, 0.05) is 38.1 Å². The van der Waals surface area contributed by atoms with Gasteiger partial charge in [-0.2, -0.15) is 0 Å². The van der Waals surface area contributed by atoms with E-state index in [1.54, 1.807) is 0 Å². The SMILES string of the molecule is NCC(O)CN[C@@H]1C[C@H](N)[C@@H](O[C@H]2O[C@H](CN)C[C@@H](O)[C@H]2N)[C@H](O[C@@H]2O[C@H](CO)[C@@H](O[C@H]3OC[C@@H](O)[C@H](O)[C@H]3N)[C@H]2O)[C@H]1O. The molecule has 0 aromatic heterocycles. The van der Waals surface area contributed by atoms with Crippen LogP contribution in [0.5, 0.6) is 0 Å². The summed E-state index contributed by atoms with van der Waals surface area (Å²) in [6, 6.07) is -3.69. The fourth-order valence-corrected chi connectivity index (χ4v) is 5.91. The Morgan fingerprint density at radius 2 is 1.45 bits per heavy atom. The van der Waals surface area contributed by atoms with Crippen LogP contribution in [-0.2, 0) is 28.4 Å². The molecule has 258 valence electrons. The molecule has 0 aromatic rings. The van der Waals surface area contributed by atoms with Crippen LogP contribution in [-0.4, -0.2) is 179 Å². The smallest absolute Gasteiger partial charge is 0.187 e. The minimum atomic E-state index is -1.57. The van der Waals surface area contributed by atoms with E-state index in [2.05, 4.69) is 5.32 Å². The fraction of sp³-hybridized carbons (Fsp3) is 1.00. The fourth-order valence-electron chi connectivity index (χ4n) is 5.91. The quantitative estimate of drug-likeness (QED) is 0.0939. The lowest BCUT2D eigenvalue weighted by Gasteiger charge is -2.47. The summed E-state index contributed by atoms with van der Waals surface area (Å²) in [6.45, 7) is -0.792. The molecule has 18 atom stereocenters. The number of rotatable bonds is 12. The minimum Gasteiger partial charge on any atom is -0.394 e.